The number of rotatable bonds is 3. The maximum absolute atomic E-state index is 11.5. The Hall–Kier alpha value is -1.72. The lowest BCUT2D eigenvalue weighted by Gasteiger charge is -2.28. The molecule has 0 unspecified atom stereocenters. The molecular weight excluding hydrogens is 356 g/mol. The minimum absolute atomic E-state index is 0.0546. The Labute approximate surface area is 158 Å². The van der Waals surface area contributed by atoms with E-state index in [0.29, 0.717) is 16.5 Å². The standard InChI is InChI=1S/C15H15ClN2O2S.C4H8/c1-8(2)12-13(14(19)20)21-15-17-7-11(18(12)15)9-3-5-10(16)6-4-9;1-3-4-2/h3-6,8,11H,7H2,1-2H3,(H,19,20);3-4H,1-2H3/b;4-3+/t11-;/m0./s1. The van der Waals surface area contributed by atoms with Crippen LogP contribution in [0.3, 0.4) is 0 Å². The van der Waals surface area contributed by atoms with Crippen molar-refractivity contribution in [2.24, 2.45) is 10.9 Å². The van der Waals surface area contributed by atoms with Gasteiger partial charge in [0.1, 0.15) is 4.91 Å². The van der Waals surface area contributed by atoms with E-state index < -0.39 is 5.97 Å². The summed E-state index contributed by atoms with van der Waals surface area (Å²) >= 11 is 7.20. The molecule has 3 rings (SSSR count). The number of benzene rings is 1. The molecule has 1 aromatic carbocycles. The number of thioether (sulfide) groups is 1. The molecule has 0 amide bonds. The molecule has 1 N–H and O–H groups in total. The van der Waals surface area contributed by atoms with Crippen molar-refractivity contribution in [3.8, 4) is 0 Å². The van der Waals surface area contributed by atoms with E-state index in [9.17, 15) is 9.90 Å². The summed E-state index contributed by atoms with van der Waals surface area (Å²) in [7, 11) is 0. The van der Waals surface area contributed by atoms with Gasteiger partial charge < -0.3 is 10.0 Å². The molecule has 0 saturated carbocycles. The molecule has 25 heavy (non-hydrogen) atoms. The number of carbonyl (C=O) groups is 1. The fraction of sp³-hybridized carbons (Fsp3) is 0.368. The van der Waals surface area contributed by atoms with Gasteiger partial charge in [-0.2, -0.15) is 0 Å². The zero-order valence-electron chi connectivity index (χ0n) is 14.9. The highest BCUT2D eigenvalue weighted by Crippen LogP contribution is 2.46. The predicted molar refractivity (Wildman–Crippen MR) is 106 cm³/mol. The van der Waals surface area contributed by atoms with Gasteiger partial charge in [-0.25, -0.2) is 4.79 Å². The van der Waals surface area contributed by atoms with Gasteiger partial charge in [-0.05, 0) is 49.2 Å². The van der Waals surface area contributed by atoms with Gasteiger partial charge in [-0.3, -0.25) is 4.99 Å². The first-order valence-electron chi connectivity index (χ1n) is 8.22. The molecule has 0 aliphatic carbocycles. The van der Waals surface area contributed by atoms with E-state index in [2.05, 4.69) is 9.89 Å². The van der Waals surface area contributed by atoms with Crippen LogP contribution in [0.4, 0.5) is 0 Å². The third kappa shape index (κ3) is 4.28. The van der Waals surface area contributed by atoms with Gasteiger partial charge >= 0.3 is 5.97 Å². The average Bonchev–Trinajstić information content (AvgIpc) is 3.14. The van der Waals surface area contributed by atoms with Gasteiger partial charge in [0.15, 0.2) is 5.17 Å². The lowest BCUT2D eigenvalue weighted by Crippen LogP contribution is -2.28. The van der Waals surface area contributed by atoms with Crippen LogP contribution < -0.4 is 0 Å². The second-order valence-electron chi connectivity index (χ2n) is 6.00. The third-order valence-corrected chi connectivity index (χ3v) is 5.28. The molecule has 1 atom stereocenters. The van der Waals surface area contributed by atoms with Crippen molar-refractivity contribution in [1.82, 2.24) is 4.90 Å². The molecule has 0 radical (unpaired) electrons. The van der Waals surface area contributed by atoms with Crippen molar-refractivity contribution < 1.29 is 9.90 Å². The summed E-state index contributed by atoms with van der Waals surface area (Å²) in [5.41, 5.74) is 1.95. The van der Waals surface area contributed by atoms with Gasteiger partial charge in [0.2, 0.25) is 0 Å². The molecular formula is C19H23ClN2O2S. The normalized spacial score (nSPS) is 19.2. The molecule has 2 aliphatic rings. The molecule has 0 aromatic heterocycles. The van der Waals surface area contributed by atoms with Crippen molar-refractivity contribution in [2.45, 2.75) is 33.7 Å². The van der Waals surface area contributed by atoms with Crippen LogP contribution in [0.1, 0.15) is 39.3 Å². The molecule has 134 valence electrons. The van der Waals surface area contributed by atoms with Crippen LogP contribution in [0.25, 0.3) is 0 Å². The molecule has 4 nitrogen and oxygen atoms in total. The summed E-state index contributed by atoms with van der Waals surface area (Å²) < 4.78 is 0. The smallest absolute Gasteiger partial charge is 0.344 e. The summed E-state index contributed by atoms with van der Waals surface area (Å²) in [5, 5.41) is 10.9. The third-order valence-electron chi connectivity index (χ3n) is 3.93. The summed E-state index contributed by atoms with van der Waals surface area (Å²) in [6, 6.07) is 7.72. The van der Waals surface area contributed by atoms with Crippen LogP contribution >= 0.6 is 23.4 Å². The van der Waals surface area contributed by atoms with Crippen molar-refractivity contribution in [2.75, 3.05) is 6.54 Å². The molecule has 0 fully saturated rings. The van der Waals surface area contributed by atoms with Gasteiger partial charge in [-0.1, -0.05) is 49.7 Å². The van der Waals surface area contributed by atoms with Crippen LogP contribution in [0.15, 0.2) is 52.0 Å². The SMILES string of the molecule is C/C=C/C.CC(C)C1=C(C(=O)O)SC2=NC[C@@H](c3ccc(Cl)cc3)N21. The molecule has 2 aliphatic heterocycles. The van der Waals surface area contributed by atoms with Crippen molar-refractivity contribution in [3.63, 3.8) is 0 Å². The summed E-state index contributed by atoms with van der Waals surface area (Å²) in [4.78, 5) is 18.4. The number of nitrogens with zero attached hydrogens (tertiary/aromatic N) is 2. The Balaban J connectivity index is 0.000000511. The average molecular weight is 379 g/mol. The van der Waals surface area contributed by atoms with Crippen molar-refractivity contribution in [3.05, 3.63) is 57.6 Å². The Morgan fingerprint density at radius 3 is 2.40 bits per heavy atom. The number of carboxylic acids is 1. The fourth-order valence-corrected chi connectivity index (χ4v) is 3.99. The largest absolute Gasteiger partial charge is 0.477 e. The first-order chi connectivity index (χ1) is 11.9. The Bertz CT molecular complexity index is 719. The molecule has 0 saturated heterocycles. The minimum atomic E-state index is -0.879. The van der Waals surface area contributed by atoms with Crippen molar-refractivity contribution in [1.29, 1.82) is 0 Å². The van der Waals surface area contributed by atoms with Crippen LogP contribution in [0.2, 0.25) is 5.02 Å². The zero-order chi connectivity index (χ0) is 18.6. The number of allylic oxidation sites excluding steroid dienone is 3. The quantitative estimate of drug-likeness (QED) is 0.722. The van der Waals surface area contributed by atoms with Crippen LogP contribution in [-0.2, 0) is 4.79 Å². The van der Waals surface area contributed by atoms with Gasteiger partial charge in [0, 0.05) is 10.7 Å². The highest BCUT2D eigenvalue weighted by molar-refractivity contribution is 8.18. The number of aliphatic carboxylic acids is 1. The maximum atomic E-state index is 11.5. The van der Waals surface area contributed by atoms with Gasteiger partial charge in [0.25, 0.3) is 0 Å². The molecule has 1 aromatic rings. The van der Waals surface area contributed by atoms with E-state index in [1.54, 1.807) is 0 Å². The van der Waals surface area contributed by atoms with Crippen LogP contribution in [0.5, 0.6) is 0 Å². The lowest BCUT2D eigenvalue weighted by atomic mass is 10.0. The van der Waals surface area contributed by atoms with Crippen LogP contribution in [0, 0.1) is 5.92 Å². The molecule has 0 spiro atoms. The lowest BCUT2D eigenvalue weighted by molar-refractivity contribution is -0.131. The van der Waals surface area contributed by atoms with Crippen LogP contribution in [-0.4, -0.2) is 27.7 Å². The number of hydrogen-bond acceptors (Lipinski definition) is 4. The van der Waals surface area contributed by atoms with E-state index in [0.717, 1.165) is 16.4 Å². The summed E-state index contributed by atoms with van der Waals surface area (Å²) in [5.74, 6) is -0.750. The van der Waals surface area contributed by atoms with Gasteiger partial charge in [-0.15, -0.1) is 0 Å². The second-order valence-corrected chi connectivity index (χ2v) is 7.42. The first-order valence-corrected chi connectivity index (χ1v) is 9.41. The zero-order valence-corrected chi connectivity index (χ0v) is 16.4. The first kappa shape index (κ1) is 19.6. The number of amidine groups is 1. The number of fused-ring (bicyclic) bond motifs is 1. The minimum Gasteiger partial charge on any atom is -0.477 e. The molecule has 2 heterocycles. The molecule has 0 bridgehead atoms. The Morgan fingerprint density at radius 1 is 1.32 bits per heavy atom. The van der Waals surface area contributed by atoms with E-state index in [-0.39, 0.29) is 12.0 Å². The highest BCUT2D eigenvalue weighted by atomic mass is 35.5. The predicted octanol–water partition coefficient (Wildman–Crippen LogP) is 5.33. The van der Waals surface area contributed by atoms with E-state index in [4.69, 9.17) is 11.6 Å². The highest BCUT2D eigenvalue weighted by Gasteiger charge is 2.42. The number of halogens is 1. The van der Waals surface area contributed by atoms with E-state index >= 15 is 0 Å². The van der Waals surface area contributed by atoms with Crippen molar-refractivity contribution >= 4 is 34.5 Å². The van der Waals surface area contributed by atoms with Gasteiger partial charge in [0.05, 0.1) is 12.6 Å². The summed E-state index contributed by atoms with van der Waals surface area (Å²) in [6.45, 7) is 8.67. The Kier molecular flexibility index (Phi) is 6.73. The summed E-state index contributed by atoms with van der Waals surface area (Å²) in [6.07, 6.45) is 4.00. The molecule has 6 heteroatoms. The maximum Gasteiger partial charge on any atom is 0.344 e. The monoisotopic (exact) mass is 378 g/mol. The van der Waals surface area contributed by atoms with E-state index in [1.165, 1.54) is 11.8 Å². The fourth-order valence-electron chi connectivity index (χ4n) is 2.69. The van der Waals surface area contributed by atoms with E-state index in [1.807, 2.05) is 64.1 Å². The Morgan fingerprint density at radius 2 is 1.92 bits per heavy atom. The topological polar surface area (TPSA) is 52.9 Å². The number of aliphatic imine (C=N–C) groups is 1. The number of carboxylic acid groups (broad SMARTS) is 1. The second kappa shape index (κ2) is 8.59. The number of hydrogen-bond donors (Lipinski definition) is 1.